The lowest BCUT2D eigenvalue weighted by atomic mass is 9.86. The van der Waals surface area contributed by atoms with Crippen LogP contribution in [-0.2, 0) is 4.79 Å². The van der Waals surface area contributed by atoms with Gasteiger partial charge in [-0.3, -0.25) is 4.99 Å². The smallest absolute Gasteiger partial charge is 0.331 e. The molecule has 4 heteroatoms. The lowest BCUT2D eigenvalue weighted by Crippen LogP contribution is -2.37. The average molecular weight is 275 g/mol. The molecule has 1 unspecified atom stereocenters. The van der Waals surface area contributed by atoms with E-state index in [4.69, 9.17) is 0 Å². The number of para-hydroxylation sites is 1. The number of aliphatic imine (C=N–C) groups is 1. The second-order valence-corrected chi connectivity index (χ2v) is 5.24. The maximum atomic E-state index is 11.6. The maximum absolute atomic E-state index is 11.6. The van der Waals surface area contributed by atoms with E-state index in [1.165, 1.54) is 6.21 Å². The zero-order valence-electron chi connectivity index (χ0n) is 11.9. The van der Waals surface area contributed by atoms with Gasteiger partial charge in [-0.05, 0) is 24.5 Å². The molecule has 1 aromatic rings. The van der Waals surface area contributed by atoms with E-state index in [2.05, 4.69) is 11.6 Å². The highest BCUT2D eigenvalue weighted by molar-refractivity contribution is 5.88. The van der Waals surface area contributed by atoms with Crippen molar-refractivity contribution >= 4 is 12.2 Å². The number of carboxylic acids is 1. The summed E-state index contributed by atoms with van der Waals surface area (Å²) < 4.78 is 0. The van der Waals surface area contributed by atoms with Crippen LogP contribution in [0.15, 0.2) is 41.9 Å². The van der Waals surface area contributed by atoms with Gasteiger partial charge in [0, 0.05) is 18.2 Å². The first-order valence-electron chi connectivity index (χ1n) is 6.59. The normalized spacial score (nSPS) is 14.3. The monoisotopic (exact) mass is 275 g/mol. The summed E-state index contributed by atoms with van der Waals surface area (Å²) >= 11 is 0. The number of carbonyl (C=O) groups is 1. The van der Waals surface area contributed by atoms with Crippen LogP contribution in [0.1, 0.15) is 32.3 Å². The number of phenols is 1. The molecule has 1 atom stereocenters. The molecule has 0 aliphatic heterocycles. The summed E-state index contributed by atoms with van der Waals surface area (Å²) in [7, 11) is 0. The van der Waals surface area contributed by atoms with E-state index in [1.54, 1.807) is 30.3 Å². The zero-order valence-corrected chi connectivity index (χ0v) is 11.9. The van der Waals surface area contributed by atoms with Crippen LogP contribution in [0.3, 0.4) is 0 Å². The first-order chi connectivity index (χ1) is 9.41. The third kappa shape index (κ3) is 3.95. The number of phenolic OH excluding ortho intramolecular Hbond substituents is 1. The van der Waals surface area contributed by atoms with Crippen molar-refractivity contribution in [1.82, 2.24) is 0 Å². The number of hydrogen-bond acceptors (Lipinski definition) is 3. The number of carboxylic acid groups (broad SMARTS) is 1. The molecule has 0 amide bonds. The van der Waals surface area contributed by atoms with Crippen LogP contribution in [0.25, 0.3) is 0 Å². The fraction of sp³-hybridized carbons (Fsp3) is 0.375. The van der Waals surface area contributed by atoms with E-state index < -0.39 is 11.5 Å². The van der Waals surface area contributed by atoms with Gasteiger partial charge in [0.25, 0.3) is 0 Å². The highest BCUT2D eigenvalue weighted by Crippen LogP contribution is 2.27. The van der Waals surface area contributed by atoms with Gasteiger partial charge in [-0.15, -0.1) is 6.58 Å². The van der Waals surface area contributed by atoms with Crippen molar-refractivity contribution in [2.75, 3.05) is 0 Å². The minimum Gasteiger partial charge on any atom is -0.507 e. The molecule has 1 rings (SSSR count). The number of nitrogens with zero attached hydrogens (tertiary/aromatic N) is 1. The first kappa shape index (κ1) is 16.0. The average Bonchev–Trinajstić information content (AvgIpc) is 2.37. The van der Waals surface area contributed by atoms with Crippen molar-refractivity contribution in [3.63, 3.8) is 0 Å². The summed E-state index contributed by atoms with van der Waals surface area (Å²) in [6, 6.07) is 6.70. The largest absolute Gasteiger partial charge is 0.507 e. The van der Waals surface area contributed by atoms with Crippen LogP contribution >= 0.6 is 0 Å². The standard InChI is InChI=1S/C16H21NO3/c1-4-9-16(15(19)20,10-12(2)3)17-11-13-7-5-6-8-14(13)18/h4-8,11-12,18H,1,9-10H2,2-3H3,(H,19,20). The highest BCUT2D eigenvalue weighted by atomic mass is 16.4. The van der Waals surface area contributed by atoms with Gasteiger partial charge in [-0.2, -0.15) is 0 Å². The van der Waals surface area contributed by atoms with Gasteiger partial charge in [0.05, 0.1) is 0 Å². The SMILES string of the molecule is C=CCC(CC(C)C)(N=Cc1ccccc1O)C(=O)O. The van der Waals surface area contributed by atoms with E-state index in [0.29, 0.717) is 12.0 Å². The van der Waals surface area contributed by atoms with Crippen molar-refractivity contribution in [2.45, 2.75) is 32.2 Å². The molecule has 0 aliphatic rings. The third-order valence-corrected chi connectivity index (χ3v) is 3.01. The Bertz CT molecular complexity index is 508. The third-order valence-electron chi connectivity index (χ3n) is 3.01. The minimum atomic E-state index is -1.22. The Morgan fingerprint density at radius 3 is 2.60 bits per heavy atom. The van der Waals surface area contributed by atoms with E-state index >= 15 is 0 Å². The van der Waals surface area contributed by atoms with Crippen LogP contribution in [0.5, 0.6) is 5.75 Å². The van der Waals surface area contributed by atoms with E-state index in [9.17, 15) is 15.0 Å². The van der Waals surface area contributed by atoms with Crippen LogP contribution in [-0.4, -0.2) is 27.9 Å². The number of hydrogen-bond donors (Lipinski definition) is 2. The lowest BCUT2D eigenvalue weighted by Gasteiger charge is -2.25. The van der Waals surface area contributed by atoms with Gasteiger partial charge in [0.2, 0.25) is 0 Å². The summed E-state index contributed by atoms with van der Waals surface area (Å²) in [5.41, 5.74) is -0.719. The van der Waals surface area contributed by atoms with Crippen molar-refractivity contribution in [1.29, 1.82) is 0 Å². The Kier molecular flexibility index (Phi) is 5.50. The molecule has 0 saturated heterocycles. The number of benzene rings is 1. The molecule has 4 nitrogen and oxygen atoms in total. The van der Waals surface area contributed by atoms with Crippen LogP contribution in [0.2, 0.25) is 0 Å². The molecule has 20 heavy (non-hydrogen) atoms. The van der Waals surface area contributed by atoms with Crippen molar-refractivity contribution < 1.29 is 15.0 Å². The van der Waals surface area contributed by atoms with Crippen molar-refractivity contribution in [3.8, 4) is 5.75 Å². The molecule has 2 N–H and O–H groups in total. The molecule has 0 aliphatic carbocycles. The number of rotatable bonds is 7. The fourth-order valence-corrected chi connectivity index (χ4v) is 2.12. The Labute approximate surface area is 119 Å². The lowest BCUT2D eigenvalue weighted by molar-refractivity contribution is -0.143. The summed E-state index contributed by atoms with van der Waals surface area (Å²) in [6.45, 7) is 7.53. The highest BCUT2D eigenvalue weighted by Gasteiger charge is 2.37. The predicted octanol–water partition coefficient (Wildman–Crippen LogP) is 3.26. The summed E-state index contributed by atoms with van der Waals surface area (Å²) in [5, 5.41) is 19.2. The number of aliphatic carboxylic acids is 1. The molecule has 0 aromatic heterocycles. The van der Waals surface area contributed by atoms with Crippen molar-refractivity contribution in [2.24, 2.45) is 10.9 Å². The summed E-state index contributed by atoms with van der Waals surface area (Å²) in [5.74, 6) is -0.705. The second-order valence-electron chi connectivity index (χ2n) is 5.24. The molecular weight excluding hydrogens is 254 g/mol. The summed E-state index contributed by atoms with van der Waals surface area (Å²) in [4.78, 5) is 15.9. The Hall–Kier alpha value is -2.10. The molecule has 0 bridgehead atoms. The molecule has 0 heterocycles. The molecule has 0 radical (unpaired) electrons. The van der Waals surface area contributed by atoms with Gasteiger partial charge in [0.1, 0.15) is 5.75 Å². The topological polar surface area (TPSA) is 69.9 Å². The number of aromatic hydroxyl groups is 1. The van der Waals surface area contributed by atoms with Crippen LogP contribution in [0.4, 0.5) is 0 Å². The zero-order chi connectivity index (χ0) is 15.2. The van der Waals surface area contributed by atoms with Gasteiger partial charge in [-0.25, -0.2) is 4.79 Å². The van der Waals surface area contributed by atoms with Gasteiger partial charge in [0.15, 0.2) is 5.54 Å². The Balaban J connectivity index is 3.14. The van der Waals surface area contributed by atoms with Crippen LogP contribution in [0, 0.1) is 5.92 Å². The maximum Gasteiger partial charge on any atom is 0.331 e. The second kappa shape index (κ2) is 6.89. The minimum absolute atomic E-state index is 0.0821. The molecule has 108 valence electrons. The van der Waals surface area contributed by atoms with Gasteiger partial charge >= 0.3 is 5.97 Å². The van der Waals surface area contributed by atoms with Gasteiger partial charge < -0.3 is 10.2 Å². The van der Waals surface area contributed by atoms with E-state index in [1.807, 2.05) is 13.8 Å². The Morgan fingerprint density at radius 1 is 1.45 bits per heavy atom. The van der Waals surface area contributed by atoms with E-state index in [-0.39, 0.29) is 18.1 Å². The van der Waals surface area contributed by atoms with E-state index in [0.717, 1.165) is 0 Å². The first-order valence-corrected chi connectivity index (χ1v) is 6.59. The van der Waals surface area contributed by atoms with Crippen molar-refractivity contribution in [3.05, 3.63) is 42.5 Å². The molecule has 0 fully saturated rings. The predicted molar refractivity (Wildman–Crippen MR) is 80.3 cm³/mol. The van der Waals surface area contributed by atoms with Crippen LogP contribution < -0.4 is 0 Å². The molecule has 0 saturated carbocycles. The molecule has 0 spiro atoms. The molecular formula is C16H21NO3. The van der Waals surface area contributed by atoms with Gasteiger partial charge in [-0.1, -0.05) is 32.1 Å². The summed E-state index contributed by atoms with van der Waals surface area (Å²) in [6.07, 6.45) is 3.66. The quantitative estimate of drug-likeness (QED) is 0.592. The Morgan fingerprint density at radius 2 is 2.10 bits per heavy atom. The molecule has 1 aromatic carbocycles. The fourth-order valence-electron chi connectivity index (χ4n) is 2.12.